The van der Waals surface area contributed by atoms with Crippen molar-refractivity contribution in [3.63, 3.8) is 0 Å². The lowest BCUT2D eigenvalue weighted by molar-refractivity contribution is 1.38. The predicted molar refractivity (Wildman–Crippen MR) is 115 cm³/mol. The Kier molecular flexibility index (Phi) is 6.87. The van der Waals surface area contributed by atoms with Gasteiger partial charge in [-0.2, -0.15) is 0 Å². The Labute approximate surface area is 161 Å². The van der Waals surface area contributed by atoms with Gasteiger partial charge in [-0.15, -0.1) is 0 Å². The number of benzene rings is 3. The van der Waals surface area contributed by atoms with Crippen molar-refractivity contribution in [1.82, 2.24) is 4.98 Å². The standard InChI is InChI=1S/C14H10.C12H11N/c1-3-7-13(8-4-1)11-12-14-9-5-2-6-10-14;1-2-5-11(6-3-1)8-9-12-7-4-10-13-12/h1-10H;1-10,13H. The Hall–Kier alpha value is -3.76. The second kappa shape index (κ2) is 10.3. The van der Waals surface area contributed by atoms with Crippen LogP contribution in [0.25, 0.3) is 12.2 Å². The summed E-state index contributed by atoms with van der Waals surface area (Å²) in [6.07, 6.45) is 6.08. The van der Waals surface area contributed by atoms with Gasteiger partial charge in [0.05, 0.1) is 0 Å². The normalized spacial score (nSPS) is 9.78. The molecule has 0 saturated heterocycles. The highest BCUT2D eigenvalue weighted by Crippen LogP contribution is 2.05. The van der Waals surface area contributed by atoms with E-state index in [9.17, 15) is 0 Å². The van der Waals surface area contributed by atoms with Crippen molar-refractivity contribution < 1.29 is 0 Å². The first-order valence-corrected chi connectivity index (χ1v) is 8.89. The number of hydrogen-bond donors (Lipinski definition) is 1. The summed E-state index contributed by atoms with van der Waals surface area (Å²) in [5.74, 6) is 6.22. The summed E-state index contributed by atoms with van der Waals surface area (Å²) in [7, 11) is 0. The fraction of sp³-hybridized carbons (Fsp3) is 0. The highest BCUT2D eigenvalue weighted by molar-refractivity contribution is 5.67. The molecule has 1 heterocycles. The van der Waals surface area contributed by atoms with E-state index in [0.29, 0.717) is 0 Å². The molecular formula is C26H21N. The van der Waals surface area contributed by atoms with Crippen LogP contribution in [0.2, 0.25) is 0 Å². The zero-order chi connectivity index (χ0) is 18.6. The molecule has 4 aromatic rings. The maximum Gasteiger partial charge on any atom is 0.0380 e. The molecule has 4 rings (SSSR count). The molecule has 0 aliphatic carbocycles. The van der Waals surface area contributed by atoms with Crippen LogP contribution in [0.15, 0.2) is 109 Å². The van der Waals surface area contributed by atoms with Gasteiger partial charge in [-0.3, -0.25) is 0 Å². The van der Waals surface area contributed by atoms with Gasteiger partial charge in [-0.05, 0) is 48.0 Å². The minimum absolute atomic E-state index is 1.05. The van der Waals surface area contributed by atoms with Crippen molar-refractivity contribution in [2.45, 2.75) is 0 Å². The van der Waals surface area contributed by atoms with Crippen molar-refractivity contribution in [3.8, 4) is 11.8 Å². The van der Waals surface area contributed by atoms with Gasteiger partial charge in [0, 0.05) is 23.0 Å². The van der Waals surface area contributed by atoms with E-state index < -0.39 is 0 Å². The van der Waals surface area contributed by atoms with Crippen LogP contribution in [-0.2, 0) is 0 Å². The van der Waals surface area contributed by atoms with Crippen molar-refractivity contribution in [3.05, 3.63) is 132 Å². The Balaban J connectivity index is 0.000000156. The molecular weight excluding hydrogens is 326 g/mol. The van der Waals surface area contributed by atoms with Crippen LogP contribution < -0.4 is 0 Å². The van der Waals surface area contributed by atoms with Crippen LogP contribution in [0.3, 0.4) is 0 Å². The smallest absolute Gasteiger partial charge is 0.0380 e. The zero-order valence-electron chi connectivity index (χ0n) is 15.0. The Morgan fingerprint density at radius 2 is 1.04 bits per heavy atom. The summed E-state index contributed by atoms with van der Waals surface area (Å²) >= 11 is 0. The number of aromatic nitrogens is 1. The first kappa shape index (κ1) is 18.0. The maximum absolute atomic E-state index is 3.12. The molecule has 0 spiro atoms. The fourth-order valence-electron chi connectivity index (χ4n) is 2.39. The van der Waals surface area contributed by atoms with Gasteiger partial charge in [-0.25, -0.2) is 0 Å². The van der Waals surface area contributed by atoms with E-state index in [4.69, 9.17) is 0 Å². The average molecular weight is 347 g/mol. The molecule has 0 fully saturated rings. The molecule has 130 valence electrons. The second-order valence-electron chi connectivity index (χ2n) is 5.85. The molecule has 0 bridgehead atoms. The molecule has 3 aromatic carbocycles. The molecule has 0 radical (unpaired) electrons. The molecule has 0 amide bonds. The number of nitrogens with one attached hydrogen (secondary N) is 1. The third kappa shape index (κ3) is 6.57. The zero-order valence-corrected chi connectivity index (χ0v) is 15.0. The molecule has 0 aliphatic heterocycles. The number of H-pyrrole nitrogens is 1. The van der Waals surface area contributed by atoms with Crippen molar-refractivity contribution in [2.24, 2.45) is 0 Å². The first-order chi connectivity index (χ1) is 13.4. The molecule has 1 aromatic heterocycles. The molecule has 0 saturated carbocycles. The third-order valence-corrected chi connectivity index (χ3v) is 3.78. The van der Waals surface area contributed by atoms with E-state index in [1.165, 1.54) is 5.56 Å². The average Bonchev–Trinajstić information content (AvgIpc) is 3.27. The Morgan fingerprint density at radius 3 is 1.52 bits per heavy atom. The molecule has 0 atom stereocenters. The largest absolute Gasteiger partial charge is 0.362 e. The minimum Gasteiger partial charge on any atom is -0.362 e. The SMILES string of the molecule is C(#Cc1ccccc1)c1ccccc1.C(=Cc1ccc[nH]1)c1ccccc1. The predicted octanol–water partition coefficient (Wildman–Crippen LogP) is 6.27. The molecule has 0 unspecified atom stereocenters. The van der Waals surface area contributed by atoms with E-state index in [1.54, 1.807) is 0 Å². The quantitative estimate of drug-likeness (QED) is 0.411. The van der Waals surface area contributed by atoms with E-state index in [0.717, 1.165) is 16.8 Å². The van der Waals surface area contributed by atoms with Gasteiger partial charge in [-0.1, -0.05) is 84.6 Å². The van der Waals surface area contributed by atoms with E-state index in [2.05, 4.69) is 41.1 Å². The molecule has 27 heavy (non-hydrogen) atoms. The molecule has 1 nitrogen and oxygen atoms in total. The lowest BCUT2D eigenvalue weighted by Crippen LogP contribution is -1.73. The first-order valence-electron chi connectivity index (χ1n) is 8.89. The number of aromatic amines is 1. The summed E-state index contributed by atoms with van der Waals surface area (Å²) < 4.78 is 0. The molecule has 0 aliphatic rings. The van der Waals surface area contributed by atoms with Crippen LogP contribution in [0.1, 0.15) is 22.4 Å². The van der Waals surface area contributed by atoms with E-state index in [-0.39, 0.29) is 0 Å². The molecule has 1 heteroatoms. The van der Waals surface area contributed by atoms with Crippen LogP contribution in [0.4, 0.5) is 0 Å². The van der Waals surface area contributed by atoms with Crippen molar-refractivity contribution in [1.29, 1.82) is 0 Å². The number of hydrogen-bond acceptors (Lipinski definition) is 0. The summed E-state index contributed by atoms with van der Waals surface area (Å²) in [5.41, 5.74) is 4.45. The summed E-state index contributed by atoms with van der Waals surface area (Å²) in [6, 6.07) is 34.3. The summed E-state index contributed by atoms with van der Waals surface area (Å²) in [6.45, 7) is 0. The van der Waals surface area contributed by atoms with Gasteiger partial charge in [0.15, 0.2) is 0 Å². The van der Waals surface area contributed by atoms with Gasteiger partial charge < -0.3 is 4.98 Å². The van der Waals surface area contributed by atoms with Gasteiger partial charge in [0.25, 0.3) is 0 Å². The Bertz CT molecular complexity index is 944. The number of rotatable bonds is 2. The van der Waals surface area contributed by atoms with E-state index in [1.807, 2.05) is 97.2 Å². The van der Waals surface area contributed by atoms with Gasteiger partial charge >= 0.3 is 0 Å². The lowest BCUT2D eigenvalue weighted by Gasteiger charge is -1.89. The van der Waals surface area contributed by atoms with Crippen LogP contribution in [-0.4, -0.2) is 4.98 Å². The summed E-state index contributed by atoms with van der Waals surface area (Å²) in [4.78, 5) is 3.12. The van der Waals surface area contributed by atoms with Gasteiger partial charge in [0.2, 0.25) is 0 Å². The lowest BCUT2D eigenvalue weighted by atomic mass is 10.2. The second-order valence-corrected chi connectivity index (χ2v) is 5.85. The van der Waals surface area contributed by atoms with Crippen LogP contribution in [0, 0.1) is 11.8 Å². The topological polar surface area (TPSA) is 15.8 Å². The van der Waals surface area contributed by atoms with Crippen LogP contribution in [0.5, 0.6) is 0 Å². The Morgan fingerprint density at radius 1 is 0.519 bits per heavy atom. The van der Waals surface area contributed by atoms with Crippen molar-refractivity contribution in [2.75, 3.05) is 0 Å². The fourth-order valence-corrected chi connectivity index (χ4v) is 2.39. The van der Waals surface area contributed by atoms with E-state index >= 15 is 0 Å². The monoisotopic (exact) mass is 347 g/mol. The van der Waals surface area contributed by atoms with Crippen LogP contribution >= 0.6 is 0 Å². The molecule has 1 N–H and O–H groups in total. The minimum atomic E-state index is 1.05. The van der Waals surface area contributed by atoms with Gasteiger partial charge in [0.1, 0.15) is 0 Å². The highest BCUT2D eigenvalue weighted by Gasteiger charge is 1.85. The van der Waals surface area contributed by atoms with Crippen molar-refractivity contribution >= 4 is 12.2 Å². The maximum atomic E-state index is 3.12. The summed E-state index contributed by atoms with van der Waals surface area (Å²) in [5, 5.41) is 0. The highest BCUT2D eigenvalue weighted by atomic mass is 14.7. The third-order valence-electron chi connectivity index (χ3n) is 3.78.